The maximum absolute atomic E-state index is 10.1. The van der Waals surface area contributed by atoms with Gasteiger partial charge < -0.3 is 19.7 Å². The number of methoxy groups -OCH3 is 2. The van der Waals surface area contributed by atoms with Crippen molar-refractivity contribution in [1.29, 1.82) is 0 Å². The van der Waals surface area contributed by atoms with Crippen LogP contribution in [0.2, 0.25) is 0 Å². The summed E-state index contributed by atoms with van der Waals surface area (Å²) in [4.78, 5) is 0. The molecule has 0 radical (unpaired) electrons. The molecule has 0 amide bonds. The lowest BCUT2D eigenvalue weighted by atomic mass is 9.85. The number of fused-ring (bicyclic) bond motifs is 1. The van der Waals surface area contributed by atoms with Crippen molar-refractivity contribution in [1.82, 2.24) is 0 Å². The number of hydrogen-bond donors (Lipinski definition) is 2. The van der Waals surface area contributed by atoms with Gasteiger partial charge >= 0.3 is 0 Å². The highest BCUT2D eigenvalue weighted by Gasteiger charge is 2.25. The Balaban J connectivity index is 2.24. The van der Waals surface area contributed by atoms with E-state index < -0.39 is 0 Å². The normalized spacial score (nSPS) is 16.2. The number of rotatable bonds is 4. The fourth-order valence-corrected chi connectivity index (χ4v) is 3.28. The van der Waals surface area contributed by atoms with Gasteiger partial charge in [0, 0.05) is 22.8 Å². The van der Waals surface area contributed by atoms with Crippen LogP contribution in [0.3, 0.4) is 0 Å². The highest BCUT2D eigenvalue weighted by Crippen LogP contribution is 2.38. The maximum atomic E-state index is 10.1. The van der Waals surface area contributed by atoms with Gasteiger partial charge in [0.2, 0.25) is 0 Å². The second-order valence-corrected chi connectivity index (χ2v) is 6.15. The van der Waals surface area contributed by atoms with Crippen molar-refractivity contribution in [3.63, 3.8) is 0 Å². The Kier molecular flexibility index (Phi) is 4.84. The molecule has 2 aromatic rings. The van der Waals surface area contributed by atoms with Crippen molar-refractivity contribution < 1.29 is 19.7 Å². The zero-order valence-electron chi connectivity index (χ0n) is 15.3. The summed E-state index contributed by atoms with van der Waals surface area (Å²) in [5.41, 5.74) is 3.86. The fourth-order valence-electron chi connectivity index (χ4n) is 3.28. The number of benzene rings is 2. The molecule has 0 spiro atoms. The molecule has 6 heteroatoms. The van der Waals surface area contributed by atoms with E-state index >= 15 is 0 Å². The third kappa shape index (κ3) is 2.98. The largest absolute Gasteiger partial charge is 0.504 e. The molecule has 1 aliphatic heterocycles. The van der Waals surface area contributed by atoms with Crippen LogP contribution in [-0.4, -0.2) is 35.9 Å². The standard InChI is InChI=1S/C20H22N2O4/c1-5-13-11(2)21-22-20(15-10-17(24)16(23)9-14(13)15)12-6-7-18(25-3)19(8-12)26-4/h6-10,13,23-24H,5H2,1-4H3. The lowest BCUT2D eigenvalue weighted by Crippen LogP contribution is -2.12. The molecule has 0 bridgehead atoms. The number of hydrogen-bond acceptors (Lipinski definition) is 6. The topological polar surface area (TPSA) is 83.6 Å². The predicted octanol–water partition coefficient (Wildman–Crippen LogP) is 3.84. The van der Waals surface area contributed by atoms with E-state index in [1.807, 2.05) is 19.1 Å². The lowest BCUT2D eigenvalue weighted by Gasteiger charge is -2.18. The van der Waals surface area contributed by atoms with Crippen LogP contribution >= 0.6 is 0 Å². The first-order valence-electron chi connectivity index (χ1n) is 8.40. The summed E-state index contributed by atoms with van der Waals surface area (Å²) in [6.45, 7) is 3.97. The molecule has 0 fully saturated rings. The molecule has 0 aliphatic carbocycles. The fraction of sp³-hybridized carbons (Fsp3) is 0.300. The summed E-state index contributed by atoms with van der Waals surface area (Å²) in [7, 11) is 3.15. The van der Waals surface area contributed by atoms with Crippen molar-refractivity contribution in [2.45, 2.75) is 26.2 Å². The molecule has 2 aromatic carbocycles. The average molecular weight is 354 g/mol. The Labute approximate surface area is 152 Å². The van der Waals surface area contributed by atoms with Gasteiger partial charge in [-0.1, -0.05) is 6.92 Å². The average Bonchev–Trinajstić information content (AvgIpc) is 2.77. The second-order valence-electron chi connectivity index (χ2n) is 6.15. The quantitative estimate of drug-likeness (QED) is 0.817. The van der Waals surface area contributed by atoms with Gasteiger partial charge in [0.05, 0.1) is 14.2 Å². The van der Waals surface area contributed by atoms with Crippen LogP contribution in [0.25, 0.3) is 0 Å². The van der Waals surface area contributed by atoms with Gasteiger partial charge in [-0.15, -0.1) is 5.10 Å². The molecule has 0 saturated heterocycles. The predicted molar refractivity (Wildman–Crippen MR) is 101 cm³/mol. The molecule has 26 heavy (non-hydrogen) atoms. The molecule has 0 saturated carbocycles. The van der Waals surface area contributed by atoms with Gasteiger partial charge in [0.1, 0.15) is 5.71 Å². The molecule has 136 valence electrons. The molecule has 3 rings (SSSR count). The molecule has 1 aliphatic rings. The van der Waals surface area contributed by atoms with E-state index in [0.717, 1.165) is 28.8 Å². The smallest absolute Gasteiger partial charge is 0.161 e. The van der Waals surface area contributed by atoms with Crippen molar-refractivity contribution in [2.24, 2.45) is 10.2 Å². The molecular formula is C20H22N2O4. The Hall–Kier alpha value is -3.02. The minimum atomic E-state index is -0.189. The van der Waals surface area contributed by atoms with E-state index in [1.165, 1.54) is 6.07 Å². The van der Waals surface area contributed by atoms with Crippen molar-refractivity contribution in [3.05, 3.63) is 47.0 Å². The number of ether oxygens (including phenoxy) is 2. The number of phenolic OH excluding ortho intramolecular Hbond substituents is 2. The van der Waals surface area contributed by atoms with Gasteiger partial charge in [-0.3, -0.25) is 0 Å². The van der Waals surface area contributed by atoms with E-state index in [9.17, 15) is 10.2 Å². The van der Waals surface area contributed by atoms with Crippen LogP contribution in [0.1, 0.15) is 42.9 Å². The number of aromatic hydroxyl groups is 2. The molecule has 1 heterocycles. The van der Waals surface area contributed by atoms with Crippen molar-refractivity contribution in [2.75, 3.05) is 14.2 Å². The Morgan fingerprint density at radius 2 is 1.65 bits per heavy atom. The van der Waals surface area contributed by atoms with Crippen LogP contribution < -0.4 is 9.47 Å². The van der Waals surface area contributed by atoms with Crippen LogP contribution in [0.4, 0.5) is 0 Å². The van der Waals surface area contributed by atoms with E-state index in [0.29, 0.717) is 17.2 Å². The SMILES string of the molecule is CCC1C(C)=NN=C(c2ccc(OC)c(OC)c2)c2cc(O)c(O)cc21. The molecule has 1 atom stereocenters. The Bertz CT molecular complexity index is 903. The summed E-state index contributed by atoms with van der Waals surface area (Å²) in [6, 6.07) is 8.62. The summed E-state index contributed by atoms with van der Waals surface area (Å²) in [6.07, 6.45) is 0.807. The van der Waals surface area contributed by atoms with Crippen molar-refractivity contribution >= 4 is 11.4 Å². The Morgan fingerprint density at radius 3 is 2.31 bits per heavy atom. The Morgan fingerprint density at radius 1 is 0.962 bits per heavy atom. The zero-order valence-corrected chi connectivity index (χ0v) is 15.3. The van der Waals surface area contributed by atoms with Crippen LogP contribution in [0.5, 0.6) is 23.0 Å². The third-order valence-corrected chi connectivity index (χ3v) is 4.65. The van der Waals surface area contributed by atoms with Gasteiger partial charge in [0.25, 0.3) is 0 Å². The highest BCUT2D eigenvalue weighted by molar-refractivity contribution is 6.16. The third-order valence-electron chi connectivity index (χ3n) is 4.65. The summed E-state index contributed by atoms with van der Waals surface area (Å²) in [5, 5.41) is 28.9. The van der Waals surface area contributed by atoms with Crippen LogP contribution in [0.15, 0.2) is 40.5 Å². The monoisotopic (exact) mass is 354 g/mol. The highest BCUT2D eigenvalue weighted by atomic mass is 16.5. The van der Waals surface area contributed by atoms with Crippen LogP contribution in [0, 0.1) is 0 Å². The van der Waals surface area contributed by atoms with E-state index in [-0.39, 0.29) is 17.4 Å². The second kappa shape index (κ2) is 7.07. The first kappa shape index (κ1) is 17.8. The van der Waals surface area contributed by atoms with Gasteiger partial charge in [-0.05, 0) is 49.2 Å². The summed E-state index contributed by atoms with van der Waals surface area (Å²) in [5.74, 6) is 0.868. The first-order chi connectivity index (χ1) is 12.5. The van der Waals surface area contributed by atoms with Gasteiger partial charge in [0.15, 0.2) is 23.0 Å². The minimum absolute atomic E-state index is 0.0119. The van der Waals surface area contributed by atoms with E-state index in [1.54, 1.807) is 26.4 Å². The molecule has 6 nitrogen and oxygen atoms in total. The van der Waals surface area contributed by atoms with E-state index in [4.69, 9.17) is 9.47 Å². The number of phenols is 2. The molecular weight excluding hydrogens is 332 g/mol. The molecule has 0 aromatic heterocycles. The van der Waals surface area contributed by atoms with Gasteiger partial charge in [-0.2, -0.15) is 5.10 Å². The summed E-state index contributed by atoms with van der Waals surface area (Å²) >= 11 is 0. The van der Waals surface area contributed by atoms with Gasteiger partial charge in [-0.25, -0.2) is 0 Å². The summed E-state index contributed by atoms with van der Waals surface area (Å²) < 4.78 is 10.7. The lowest BCUT2D eigenvalue weighted by molar-refractivity contribution is 0.355. The molecule has 1 unspecified atom stereocenters. The minimum Gasteiger partial charge on any atom is -0.504 e. The maximum Gasteiger partial charge on any atom is 0.161 e. The van der Waals surface area contributed by atoms with Crippen molar-refractivity contribution in [3.8, 4) is 23.0 Å². The zero-order chi connectivity index (χ0) is 18.8. The number of nitrogens with zero attached hydrogens (tertiary/aromatic N) is 2. The van der Waals surface area contributed by atoms with E-state index in [2.05, 4.69) is 17.1 Å². The molecule has 2 N–H and O–H groups in total. The first-order valence-corrected chi connectivity index (χ1v) is 8.40. The van der Waals surface area contributed by atoms with Crippen LogP contribution in [-0.2, 0) is 0 Å².